The largest absolute Gasteiger partial charge is 0.296 e. The molecule has 2 rings (SSSR count). The summed E-state index contributed by atoms with van der Waals surface area (Å²) in [7, 11) is -3.82. The third kappa shape index (κ3) is 2.69. The van der Waals surface area contributed by atoms with Gasteiger partial charge in [0.1, 0.15) is 0 Å². The fraction of sp³-hybridized carbons (Fsp3) is 0.143. The quantitative estimate of drug-likeness (QED) is 0.833. The third-order valence-corrected chi connectivity index (χ3v) is 4.96. The number of nitrogens with one attached hydrogen (secondary N) is 1. The SMILES string of the molecule is Cc1nc(NC(=O)c2csnn2)sc1S(N)(=O)=O. The van der Waals surface area contributed by atoms with Crippen LogP contribution in [0.4, 0.5) is 5.13 Å². The Hall–Kier alpha value is -1.43. The van der Waals surface area contributed by atoms with Crippen molar-refractivity contribution >= 4 is 43.9 Å². The lowest BCUT2D eigenvalue weighted by Crippen LogP contribution is -2.12. The highest BCUT2D eigenvalue weighted by molar-refractivity contribution is 7.91. The molecule has 2 aromatic heterocycles. The minimum absolute atomic E-state index is 0.0748. The Labute approximate surface area is 110 Å². The van der Waals surface area contributed by atoms with Crippen molar-refractivity contribution in [3.05, 3.63) is 16.8 Å². The first kappa shape index (κ1) is 13.0. The number of sulfonamides is 1. The maximum Gasteiger partial charge on any atom is 0.278 e. The van der Waals surface area contributed by atoms with E-state index in [2.05, 4.69) is 19.9 Å². The zero-order chi connectivity index (χ0) is 13.3. The van der Waals surface area contributed by atoms with E-state index >= 15 is 0 Å². The molecule has 0 atom stereocenters. The topological polar surface area (TPSA) is 128 Å². The van der Waals surface area contributed by atoms with Crippen LogP contribution in [0.2, 0.25) is 0 Å². The molecule has 0 aliphatic heterocycles. The molecule has 0 aromatic carbocycles. The van der Waals surface area contributed by atoms with Crippen molar-refractivity contribution in [2.24, 2.45) is 5.14 Å². The summed E-state index contributed by atoms with van der Waals surface area (Å²) in [6.07, 6.45) is 0. The maximum absolute atomic E-state index is 11.6. The second kappa shape index (κ2) is 4.68. The van der Waals surface area contributed by atoms with Crippen LogP contribution in [0.3, 0.4) is 0 Å². The zero-order valence-corrected chi connectivity index (χ0v) is 11.4. The van der Waals surface area contributed by atoms with Crippen LogP contribution in [0, 0.1) is 6.92 Å². The summed E-state index contributed by atoms with van der Waals surface area (Å²) in [4.78, 5) is 15.5. The van der Waals surface area contributed by atoms with Gasteiger partial charge >= 0.3 is 0 Å². The molecule has 11 heteroatoms. The lowest BCUT2D eigenvalue weighted by molar-refractivity contribution is 0.102. The number of carbonyl (C=O) groups is 1. The van der Waals surface area contributed by atoms with Gasteiger partial charge in [0, 0.05) is 5.38 Å². The lowest BCUT2D eigenvalue weighted by Gasteiger charge is -1.95. The molecular weight excluding hydrogens is 298 g/mol. The van der Waals surface area contributed by atoms with Crippen LogP contribution in [0.5, 0.6) is 0 Å². The zero-order valence-electron chi connectivity index (χ0n) is 8.95. The number of nitrogens with zero attached hydrogens (tertiary/aromatic N) is 3. The summed E-state index contributed by atoms with van der Waals surface area (Å²) in [5.41, 5.74) is 0.388. The fourth-order valence-electron chi connectivity index (χ4n) is 1.12. The minimum Gasteiger partial charge on any atom is -0.296 e. The summed E-state index contributed by atoms with van der Waals surface area (Å²) >= 11 is 1.83. The Bertz CT molecular complexity index is 675. The molecule has 96 valence electrons. The molecule has 0 unspecified atom stereocenters. The van der Waals surface area contributed by atoms with Gasteiger partial charge in [0.05, 0.1) is 5.69 Å². The van der Waals surface area contributed by atoms with Crippen LogP contribution >= 0.6 is 22.9 Å². The van der Waals surface area contributed by atoms with Gasteiger partial charge in [0.2, 0.25) is 10.0 Å². The van der Waals surface area contributed by atoms with Crippen molar-refractivity contribution in [3.63, 3.8) is 0 Å². The Morgan fingerprint density at radius 2 is 2.22 bits per heavy atom. The number of rotatable bonds is 3. The molecule has 0 aliphatic carbocycles. The highest BCUT2D eigenvalue weighted by Gasteiger charge is 2.19. The van der Waals surface area contributed by atoms with E-state index in [0.717, 1.165) is 22.9 Å². The molecule has 0 saturated heterocycles. The molecule has 8 nitrogen and oxygen atoms in total. The first-order valence-corrected chi connectivity index (χ1v) is 7.66. The number of hydrogen-bond acceptors (Lipinski definition) is 8. The van der Waals surface area contributed by atoms with Crippen molar-refractivity contribution in [1.82, 2.24) is 14.6 Å². The average molecular weight is 305 g/mol. The standard InChI is InChI=1S/C7H7N5O3S3/c1-3-6(18(8,14)15)17-7(9-3)10-5(13)4-2-16-12-11-4/h2H,1H3,(H2,8,14,15)(H,9,10,13). The van der Waals surface area contributed by atoms with E-state index in [1.165, 1.54) is 12.3 Å². The van der Waals surface area contributed by atoms with Crippen LogP contribution in [0.25, 0.3) is 0 Å². The van der Waals surface area contributed by atoms with Crippen molar-refractivity contribution in [2.75, 3.05) is 5.32 Å². The van der Waals surface area contributed by atoms with Gasteiger partial charge in [-0.2, -0.15) is 0 Å². The second-order valence-electron chi connectivity index (χ2n) is 3.18. The highest BCUT2D eigenvalue weighted by atomic mass is 32.2. The monoisotopic (exact) mass is 305 g/mol. The summed E-state index contributed by atoms with van der Waals surface area (Å²) < 4.78 is 25.9. The van der Waals surface area contributed by atoms with E-state index in [9.17, 15) is 13.2 Å². The van der Waals surface area contributed by atoms with Crippen molar-refractivity contribution in [1.29, 1.82) is 0 Å². The lowest BCUT2D eigenvalue weighted by atomic mass is 10.5. The number of nitrogens with two attached hydrogens (primary N) is 1. The van der Waals surface area contributed by atoms with Gasteiger partial charge in [-0.05, 0) is 18.5 Å². The van der Waals surface area contributed by atoms with Gasteiger partial charge in [0.15, 0.2) is 15.0 Å². The molecule has 0 spiro atoms. The molecule has 2 aromatic rings. The third-order valence-electron chi connectivity index (χ3n) is 1.83. The molecule has 2 heterocycles. The molecule has 0 aliphatic rings. The van der Waals surface area contributed by atoms with Crippen LogP contribution in [-0.2, 0) is 10.0 Å². The predicted octanol–water partition coefficient (Wildman–Crippen LogP) is 0.203. The molecule has 0 radical (unpaired) electrons. The molecule has 18 heavy (non-hydrogen) atoms. The van der Waals surface area contributed by atoms with Crippen LogP contribution in [-0.4, -0.2) is 28.9 Å². The van der Waals surface area contributed by atoms with Gasteiger partial charge in [0.25, 0.3) is 5.91 Å². The number of carbonyl (C=O) groups excluding carboxylic acids is 1. The molecule has 0 saturated carbocycles. The van der Waals surface area contributed by atoms with E-state index in [-0.39, 0.29) is 20.7 Å². The van der Waals surface area contributed by atoms with Crippen molar-refractivity contribution in [2.45, 2.75) is 11.1 Å². The number of primary sulfonamides is 1. The molecular formula is C7H7N5O3S3. The Morgan fingerprint density at radius 3 is 2.72 bits per heavy atom. The smallest absolute Gasteiger partial charge is 0.278 e. The fourth-order valence-corrected chi connectivity index (χ4v) is 3.41. The summed E-state index contributed by atoms with van der Waals surface area (Å²) in [5, 5.41) is 12.6. The molecule has 3 N–H and O–H groups in total. The predicted molar refractivity (Wildman–Crippen MR) is 66.1 cm³/mol. The van der Waals surface area contributed by atoms with E-state index in [1.54, 1.807) is 0 Å². The van der Waals surface area contributed by atoms with Crippen LogP contribution < -0.4 is 10.5 Å². The Morgan fingerprint density at radius 1 is 1.50 bits per heavy atom. The number of aryl methyl sites for hydroxylation is 1. The van der Waals surface area contributed by atoms with Gasteiger partial charge in [-0.3, -0.25) is 10.1 Å². The number of aromatic nitrogens is 3. The number of thiazole rings is 1. The normalized spacial score (nSPS) is 11.4. The van der Waals surface area contributed by atoms with Gasteiger partial charge in [-0.25, -0.2) is 18.5 Å². The molecule has 0 fully saturated rings. The first-order chi connectivity index (χ1) is 8.38. The number of hydrogen-bond donors (Lipinski definition) is 2. The maximum atomic E-state index is 11.6. The average Bonchev–Trinajstić information content (AvgIpc) is 2.85. The van der Waals surface area contributed by atoms with Crippen LogP contribution in [0.15, 0.2) is 9.59 Å². The minimum atomic E-state index is -3.82. The van der Waals surface area contributed by atoms with E-state index in [0.29, 0.717) is 0 Å². The first-order valence-electron chi connectivity index (χ1n) is 4.46. The highest BCUT2D eigenvalue weighted by Crippen LogP contribution is 2.26. The Balaban J connectivity index is 2.24. The second-order valence-corrected chi connectivity index (χ2v) is 6.55. The van der Waals surface area contributed by atoms with Crippen molar-refractivity contribution < 1.29 is 13.2 Å². The number of amides is 1. The van der Waals surface area contributed by atoms with Gasteiger partial charge < -0.3 is 0 Å². The number of anilines is 1. The molecule has 1 amide bonds. The van der Waals surface area contributed by atoms with Crippen molar-refractivity contribution in [3.8, 4) is 0 Å². The van der Waals surface area contributed by atoms with E-state index < -0.39 is 15.9 Å². The van der Waals surface area contributed by atoms with Gasteiger partial charge in [-0.1, -0.05) is 15.8 Å². The summed E-state index contributed by atoms with van der Waals surface area (Å²) in [6, 6.07) is 0. The Kier molecular flexibility index (Phi) is 3.38. The summed E-state index contributed by atoms with van der Waals surface area (Å²) in [5.74, 6) is -0.501. The van der Waals surface area contributed by atoms with Crippen LogP contribution in [0.1, 0.15) is 16.2 Å². The molecule has 0 bridgehead atoms. The van der Waals surface area contributed by atoms with Gasteiger partial charge in [-0.15, -0.1) is 5.10 Å². The van der Waals surface area contributed by atoms with E-state index in [4.69, 9.17) is 5.14 Å². The van der Waals surface area contributed by atoms with E-state index in [1.807, 2.05) is 0 Å². The summed E-state index contributed by atoms with van der Waals surface area (Å²) in [6.45, 7) is 1.50.